The zero-order valence-electron chi connectivity index (χ0n) is 14.9. The van der Waals surface area contributed by atoms with Crippen LogP contribution in [-0.4, -0.2) is 27.6 Å². The van der Waals surface area contributed by atoms with Crippen molar-refractivity contribution in [2.24, 2.45) is 0 Å². The van der Waals surface area contributed by atoms with Crippen LogP contribution < -0.4 is 5.32 Å². The predicted molar refractivity (Wildman–Crippen MR) is 109 cm³/mol. The number of carbonyl (C=O) groups is 1. The molecule has 2 amide bonds. The maximum absolute atomic E-state index is 12.8. The van der Waals surface area contributed by atoms with E-state index in [4.69, 9.17) is 27.7 Å². The number of hydrogen-bond acceptors (Lipinski definition) is 4. The molecule has 1 atom stereocenters. The number of anilines is 1. The minimum atomic E-state index is -0.263. The first-order valence-electron chi connectivity index (χ1n) is 9.03. The number of aromatic nitrogens is 2. The molecule has 2 heterocycles. The topological polar surface area (TPSA) is 71.3 Å². The molecule has 4 rings (SSSR count). The Bertz CT molecular complexity index is 974. The quantitative estimate of drug-likeness (QED) is 0.585. The van der Waals surface area contributed by atoms with Crippen molar-refractivity contribution in [1.82, 2.24) is 15.0 Å². The summed E-state index contributed by atoms with van der Waals surface area (Å²) in [6.45, 7) is 0.621. The van der Waals surface area contributed by atoms with Gasteiger partial charge in [-0.25, -0.2) is 4.79 Å². The van der Waals surface area contributed by atoms with Gasteiger partial charge in [0.15, 0.2) is 0 Å². The fourth-order valence-corrected chi connectivity index (χ4v) is 3.60. The lowest BCUT2D eigenvalue weighted by Gasteiger charge is -2.33. The maximum atomic E-state index is 12.8. The summed E-state index contributed by atoms with van der Waals surface area (Å²) in [5.74, 6) is 0.915. The number of halogens is 2. The summed E-state index contributed by atoms with van der Waals surface area (Å²) < 4.78 is 5.50. The zero-order valence-corrected chi connectivity index (χ0v) is 16.5. The smallest absolute Gasteiger partial charge is 0.322 e. The van der Waals surface area contributed by atoms with Gasteiger partial charge in [-0.05, 0) is 61.7 Å². The molecule has 0 saturated carbocycles. The number of nitrogens with zero attached hydrogens (tertiary/aromatic N) is 3. The molecular weight excluding hydrogens is 399 g/mol. The van der Waals surface area contributed by atoms with Gasteiger partial charge in [-0.3, -0.25) is 0 Å². The second-order valence-corrected chi connectivity index (χ2v) is 7.48. The highest BCUT2D eigenvalue weighted by atomic mass is 35.5. The Hall–Kier alpha value is -2.57. The van der Waals surface area contributed by atoms with Gasteiger partial charge in [0.05, 0.1) is 0 Å². The van der Waals surface area contributed by atoms with Crippen LogP contribution in [0.3, 0.4) is 0 Å². The number of likely N-dealkylation sites (tertiary alicyclic amines) is 1. The van der Waals surface area contributed by atoms with E-state index in [0.29, 0.717) is 34.0 Å². The predicted octanol–water partition coefficient (Wildman–Crippen LogP) is 5.80. The van der Waals surface area contributed by atoms with Gasteiger partial charge in [-0.2, -0.15) is 4.98 Å². The summed E-state index contributed by atoms with van der Waals surface area (Å²) in [6, 6.07) is 13.8. The molecule has 2 aromatic carbocycles. The Balaban J connectivity index is 1.54. The number of carbonyl (C=O) groups excluding carboxylic acids is 1. The molecule has 1 fully saturated rings. The Morgan fingerprint density at radius 3 is 2.71 bits per heavy atom. The van der Waals surface area contributed by atoms with Gasteiger partial charge in [0.2, 0.25) is 11.7 Å². The third-order valence-corrected chi connectivity index (χ3v) is 5.16. The van der Waals surface area contributed by atoms with Crippen molar-refractivity contribution in [2.75, 3.05) is 11.9 Å². The van der Waals surface area contributed by atoms with Crippen molar-refractivity contribution >= 4 is 34.9 Å². The highest BCUT2D eigenvalue weighted by Gasteiger charge is 2.32. The van der Waals surface area contributed by atoms with Crippen molar-refractivity contribution in [2.45, 2.75) is 25.3 Å². The first kappa shape index (κ1) is 18.8. The van der Waals surface area contributed by atoms with Crippen LogP contribution in [-0.2, 0) is 0 Å². The average molecular weight is 417 g/mol. The standard InChI is InChI=1S/C20H18Cl2N4O2/c21-14-9-7-13(8-10-14)18-24-19(28-25-18)17-6-1-2-11-26(17)20(27)23-16-5-3-4-15(22)12-16/h3-5,7-10,12,17H,1-2,6,11H2,(H,23,27). The fraction of sp³-hybridized carbons (Fsp3) is 0.250. The van der Waals surface area contributed by atoms with E-state index in [1.807, 2.05) is 12.1 Å². The average Bonchev–Trinajstić information content (AvgIpc) is 3.18. The van der Waals surface area contributed by atoms with E-state index in [1.165, 1.54) is 0 Å². The van der Waals surface area contributed by atoms with Gasteiger partial charge in [0, 0.05) is 27.8 Å². The SMILES string of the molecule is O=C(Nc1cccc(Cl)c1)N1CCCCC1c1nc(-c2ccc(Cl)cc2)no1. The zero-order chi connectivity index (χ0) is 19.5. The number of nitrogens with one attached hydrogen (secondary N) is 1. The summed E-state index contributed by atoms with van der Waals surface area (Å²) in [5, 5.41) is 8.18. The second-order valence-electron chi connectivity index (χ2n) is 6.61. The summed E-state index contributed by atoms with van der Waals surface area (Å²) in [5.41, 5.74) is 1.46. The lowest BCUT2D eigenvalue weighted by atomic mass is 10.0. The molecule has 1 aliphatic heterocycles. The number of hydrogen-bond donors (Lipinski definition) is 1. The second kappa shape index (κ2) is 8.20. The van der Waals surface area contributed by atoms with Crippen LogP contribution in [0.15, 0.2) is 53.1 Å². The van der Waals surface area contributed by atoms with Crippen LogP contribution in [0.4, 0.5) is 10.5 Å². The first-order chi connectivity index (χ1) is 13.6. The molecule has 6 nitrogen and oxygen atoms in total. The normalized spacial score (nSPS) is 16.8. The highest BCUT2D eigenvalue weighted by molar-refractivity contribution is 6.31. The van der Waals surface area contributed by atoms with Gasteiger partial charge in [-0.15, -0.1) is 0 Å². The molecule has 1 unspecified atom stereocenters. The molecule has 3 aromatic rings. The number of benzene rings is 2. The lowest BCUT2D eigenvalue weighted by molar-refractivity contribution is 0.142. The van der Waals surface area contributed by atoms with E-state index in [0.717, 1.165) is 24.8 Å². The molecule has 0 aliphatic carbocycles. The van der Waals surface area contributed by atoms with Crippen LogP contribution in [0.1, 0.15) is 31.2 Å². The van der Waals surface area contributed by atoms with Crippen molar-refractivity contribution in [1.29, 1.82) is 0 Å². The van der Waals surface area contributed by atoms with Crippen LogP contribution in [0.5, 0.6) is 0 Å². The molecule has 0 radical (unpaired) electrons. The Labute approximate surface area is 172 Å². The van der Waals surface area contributed by atoms with Crippen molar-refractivity contribution in [3.05, 3.63) is 64.5 Å². The van der Waals surface area contributed by atoms with Crippen molar-refractivity contribution < 1.29 is 9.32 Å². The number of piperidine rings is 1. The molecule has 0 bridgehead atoms. The largest absolute Gasteiger partial charge is 0.337 e. The molecule has 144 valence electrons. The molecule has 8 heteroatoms. The number of amides is 2. The monoisotopic (exact) mass is 416 g/mol. The third kappa shape index (κ3) is 4.13. The first-order valence-corrected chi connectivity index (χ1v) is 9.78. The fourth-order valence-electron chi connectivity index (χ4n) is 3.28. The third-order valence-electron chi connectivity index (χ3n) is 4.67. The summed E-state index contributed by atoms with van der Waals surface area (Å²) >= 11 is 11.9. The molecular formula is C20H18Cl2N4O2. The summed E-state index contributed by atoms with van der Waals surface area (Å²) in [6.07, 6.45) is 2.69. The van der Waals surface area contributed by atoms with E-state index in [9.17, 15) is 4.79 Å². The van der Waals surface area contributed by atoms with Gasteiger partial charge in [0.25, 0.3) is 0 Å². The minimum Gasteiger partial charge on any atom is -0.337 e. The molecule has 1 aliphatic rings. The Morgan fingerprint density at radius 1 is 1.11 bits per heavy atom. The van der Waals surface area contributed by atoms with Gasteiger partial charge >= 0.3 is 6.03 Å². The van der Waals surface area contributed by atoms with Gasteiger partial charge in [-0.1, -0.05) is 34.4 Å². The number of urea groups is 1. The van der Waals surface area contributed by atoms with E-state index in [-0.39, 0.29) is 12.1 Å². The van der Waals surface area contributed by atoms with Crippen molar-refractivity contribution in [3.8, 4) is 11.4 Å². The van der Waals surface area contributed by atoms with E-state index in [1.54, 1.807) is 41.3 Å². The molecule has 0 spiro atoms. The van der Waals surface area contributed by atoms with Gasteiger partial charge in [0.1, 0.15) is 6.04 Å². The Morgan fingerprint density at radius 2 is 1.93 bits per heavy atom. The van der Waals surface area contributed by atoms with Gasteiger partial charge < -0.3 is 14.7 Å². The van der Waals surface area contributed by atoms with Crippen LogP contribution in [0.2, 0.25) is 10.0 Å². The lowest BCUT2D eigenvalue weighted by Crippen LogP contribution is -2.41. The maximum Gasteiger partial charge on any atom is 0.322 e. The van der Waals surface area contributed by atoms with Crippen molar-refractivity contribution in [3.63, 3.8) is 0 Å². The molecule has 28 heavy (non-hydrogen) atoms. The van der Waals surface area contributed by atoms with E-state index in [2.05, 4.69) is 15.5 Å². The van der Waals surface area contributed by atoms with Crippen LogP contribution in [0.25, 0.3) is 11.4 Å². The van der Waals surface area contributed by atoms with E-state index < -0.39 is 0 Å². The summed E-state index contributed by atoms with van der Waals surface area (Å²) in [4.78, 5) is 19.1. The van der Waals surface area contributed by atoms with Crippen LogP contribution in [0, 0.1) is 0 Å². The summed E-state index contributed by atoms with van der Waals surface area (Å²) in [7, 11) is 0. The minimum absolute atomic E-state index is 0.210. The molecule has 1 N–H and O–H groups in total. The van der Waals surface area contributed by atoms with E-state index >= 15 is 0 Å². The highest BCUT2D eigenvalue weighted by Crippen LogP contribution is 2.32. The Kier molecular flexibility index (Phi) is 5.50. The number of rotatable bonds is 3. The van der Waals surface area contributed by atoms with Crippen LogP contribution >= 0.6 is 23.2 Å². The molecule has 1 aromatic heterocycles. The molecule has 1 saturated heterocycles.